The van der Waals surface area contributed by atoms with E-state index < -0.39 is 0 Å². The summed E-state index contributed by atoms with van der Waals surface area (Å²) in [5, 5.41) is 1.09. The number of hydrogen-bond acceptors (Lipinski definition) is 3. The third-order valence-electron chi connectivity index (χ3n) is 3.71. The van der Waals surface area contributed by atoms with E-state index in [2.05, 4.69) is 0 Å². The first kappa shape index (κ1) is 16.5. The van der Waals surface area contributed by atoms with Gasteiger partial charge < -0.3 is 9.64 Å². The van der Waals surface area contributed by atoms with Crippen LogP contribution in [0.25, 0.3) is 0 Å². The summed E-state index contributed by atoms with van der Waals surface area (Å²) in [5.74, 6) is 1.37. The molecule has 0 radical (unpaired) electrons. The summed E-state index contributed by atoms with van der Waals surface area (Å²) in [4.78, 5) is 14.1. The Balaban J connectivity index is 1.84. The molecule has 1 aliphatic rings. The highest BCUT2D eigenvalue weighted by atomic mass is 35.5. The Morgan fingerprint density at radius 2 is 1.96 bits per heavy atom. The molecule has 1 amide bonds. The number of amides is 1. The van der Waals surface area contributed by atoms with Crippen LogP contribution in [0.1, 0.15) is 16.5 Å². The van der Waals surface area contributed by atoms with Crippen LogP contribution in [-0.2, 0) is 11.3 Å². The van der Waals surface area contributed by atoms with Crippen molar-refractivity contribution in [1.29, 1.82) is 0 Å². The predicted molar refractivity (Wildman–Crippen MR) is 95.2 cm³/mol. The lowest BCUT2D eigenvalue weighted by Gasteiger charge is -2.25. The quantitative estimate of drug-likeness (QED) is 0.778. The van der Waals surface area contributed by atoms with Gasteiger partial charge in [0.15, 0.2) is 0 Å². The number of ether oxygens (including phenoxy) is 1. The van der Waals surface area contributed by atoms with Gasteiger partial charge in [-0.1, -0.05) is 41.4 Å². The molecule has 0 spiro atoms. The Labute approximate surface area is 149 Å². The van der Waals surface area contributed by atoms with Crippen LogP contribution < -0.4 is 4.74 Å². The number of rotatable bonds is 4. The van der Waals surface area contributed by atoms with Crippen LogP contribution in [0.4, 0.5) is 0 Å². The Bertz CT molecular complexity index is 721. The van der Waals surface area contributed by atoms with Crippen LogP contribution in [0.2, 0.25) is 10.0 Å². The van der Waals surface area contributed by atoms with Crippen molar-refractivity contribution in [3.63, 3.8) is 0 Å². The molecule has 0 aromatic heterocycles. The number of hydrogen-bond donors (Lipinski definition) is 0. The summed E-state index contributed by atoms with van der Waals surface area (Å²) in [7, 11) is 1.63. The molecule has 1 atom stereocenters. The van der Waals surface area contributed by atoms with Crippen LogP contribution in [0.5, 0.6) is 5.75 Å². The minimum absolute atomic E-state index is 0.0885. The molecule has 0 N–H and O–H groups in total. The van der Waals surface area contributed by atoms with Gasteiger partial charge in [0.1, 0.15) is 11.1 Å². The molecule has 2 aromatic carbocycles. The maximum Gasteiger partial charge on any atom is 0.234 e. The first-order valence-corrected chi connectivity index (χ1v) is 8.88. The molecule has 1 aliphatic heterocycles. The van der Waals surface area contributed by atoms with Crippen molar-refractivity contribution in [2.24, 2.45) is 0 Å². The molecule has 1 heterocycles. The molecule has 0 saturated carbocycles. The van der Waals surface area contributed by atoms with Gasteiger partial charge in [0, 0.05) is 22.2 Å². The minimum Gasteiger partial charge on any atom is -0.497 e. The number of methoxy groups -OCH3 is 1. The molecular formula is C17H15Cl2NO2S. The van der Waals surface area contributed by atoms with Crippen LogP contribution in [-0.4, -0.2) is 23.7 Å². The van der Waals surface area contributed by atoms with E-state index in [0.29, 0.717) is 22.3 Å². The van der Waals surface area contributed by atoms with Gasteiger partial charge in [-0.3, -0.25) is 4.79 Å². The van der Waals surface area contributed by atoms with Crippen molar-refractivity contribution in [2.75, 3.05) is 12.9 Å². The first-order valence-electron chi connectivity index (χ1n) is 7.07. The summed E-state index contributed by atoms with van der Waals surface area (Å²) < 4.78 is 5.16. The maximum atomic E-state index is 12.3. The lowest BCUT2D eigenvalue weighted by Crippen LogP contribution is -2.27. The Hall–Kier alpha value is -1.36. The summed E-state index contributed by atoms with van der Waals surface area (Å²) in [6, 6.07) is 13.1. The highest BCUT2D eigenvalue weighted by Crippen LogP contribution is 2.42. The van der Waals surface area contributed by atoms with Crippen molar-refractivity contribution in [3.05, 3.63) is 63.6 Å². The molecule has 3 nitrogen and oxygen atoms in total. The number of benzene rings is 2. The van der Waals surface area contributed by atoms with Gasteiger partial charge in [-0.25, -0.2) is 0 Å². The van der Waals surface area contributed by atoms with E-state index in [-0.39, 0.29) is 11.3 Å². The van der Waals surface area contributed by atoms with Gasteiger partial charge in [0.25, 0.3) is 0 Å². The zero-order chi connectivity index (χ0) is 16.4. The minimum atomic E-state index is -0.0885. The normalized spacial score (nSPS) is 17.6. The van der Waals surface area contributed by atoms with E-state index in [4.69, 9.17) is 27.9 Å². The fraction of sp³-hybridized carbons (Fsp3) is 0.235. The molecule has 120 valence electrons. The summed E-state index contributed by atoms with van der Waals surface area (Å²) in [5.41, 5.74) is 1.97. The monoisotopic (exact) mass is 367 g/mol. The van der Waals surface area contributed by atoms with Crippen LogP contribution in [0, 0.1) is 0 Å². The first-order chi connectivity index (χ1) is 11.1. The molecule has 3 rings (SSSR count). The highest BCUT2D eigenvalue weighted by Gasteiger charge is 2.33. The second-order valence-electron chi connectivity index (χ2n) is 5.20. The van der Waals surface area contributed by atoms with Crippen molar-refractivity contribution in [2.45, 2.75) is 11.9 Å². The Kier molecular flexibility index (Phi) is 5.05. The van der Waals surface area contributed by atoms with Crippen LogP contribution in [0.15, 0.2) is 42.5 Å². The maximum absolute atomic E-state index is 12.3. The van der Waals surface area contributed by atoms with Crippen molar-refractivity contribution in [1.82, 2.24) is 4.90 Å². The van der Waals surface area contributed by atoms with Crippen molar-refractivity contribution in [3.8, 4) is 5.75 Å². The molecule has 0 bridgehead atoms. The van der Waals surface area contributed by atoms with Crippen LogP contribution in [0.3, 0.4) is 0 Å². The number of nitrogens with zero attached hydrogens (tertiary/aromatic N) is 1. The lowest BCUT2D eigenvalue weighted by molar-refractivity contribution is -0.128. The van der Waals surface area contributed by atoms with Gasteiger partial charge in [-0.15, -0.1) is 11.8 Å². The number of halogens is 2. The third-order valence-corrected chi connectivity index (χ3v) is 5.51. The second kappa shape index (κ2) is 7.04. The smallest absolute Gasteiger partial charge is 0.234 e. The van der Waals surface area contributed by atoms with E-state index in [1.54, 1.807) is 31.0 Å². The Morgan fingerprint density at radius 1 is 1.22 bits per heavy atom. The van der Waals surface area contributed by atoms with Crippen molar-refractivity contribution < 1.29 is 9.53 Å². The number of carbonyl (C=O) groups excluding carboxylic acids is 1. The average molecular weight is 368 g/mol. The zero-order valence-electron chi connectivity index (χ0n) is 12.5. The van der Waals surface area contributed by atoms with Gasteiger partial charge in [-0.05, 0) is 29.8 Å². The fourth-order valence-corrected chi connectivity index (χ4v) is 4.31. The zero-order valence-corrected chi connectivity index (χ0v) is 14.8. The predicted octanol–water partition coefficient (Wildman–Crippen LogP) is 4.78. The van der Waals surface area contributed by atoms with E-state index in [1.165, 1.54) is 0 Å². The van der Waals surface area contributed by atoms with E-state index in [9.17, 15) is 4.79 Å². The molecule has 1 unspecified atom stereocenters. The SMILES string of the molecule is COc1ccc(CN2C(=O)CSC2c2ccc(Cl)cc2Cl)cc1. The van der Waals surface area contributed by atoms with Gasteiger partial charge in [0.05, 0.1) is 12.9 Å². The second-order valence-corrected chi connectivity index (χ2v) is 7.11. The summed E-state index contributed by atoms with van der Waals surface area (Å²) >= 11 is 13.9. The third kappa shape index (κ3) is 3.60. The van der Waals surface area contributed by atoms with Crippen molar-refractivity contribution >= 4 is 40.9 Å². The highest BCUT2D eigenvalue weighted by molar-refractivity contribution is 8.00. The molecule has 0 aliphatic carbocycles. The lowest BCUT2D eigenvalue weighted by atomic mass is 10.1. The fourth-order valence-electron chi connectivity index (χ4n) is 2.51. The van der Waals surface area contributed by atoms with Gasteiger partial charge in [-0.2, -0.15) is 0 Å². The molecule has 6 heteroatoms. The topological polar surface area (TPSA) is 29.5 Å². The van der Waals surface area contributed by atoms with Gasteiger partial charge in [0.2, 0.25) is 5.91 Å². The largest absolute Gasteiger partial charge is 0.497 e. The molecule has 1 saturated heterocycles. The molecule has 2 aromatic rings. The molecular weight excluding hydrogens is 353 g/mol. The van der Waals surface area contributed by atoms with E-state index in [0.717, 1.165) is 16.9 Å². The van der Waals surface area contributed by atoms with E-state index >= 15 is 0 Å². The van der Waals surface area contributed by atoms with Gasteiger partial charge >= 0.3 is 0 Å². The van der Waals surface area contributed by atoms with Crippen LogP contribution >= 0.6 is 35.0 Å². The average Bonchev–Trinajstić information content (AvgIpc) is 2.89. The molecule has 23 heavy (non-hydrogen) atoms. The Morgan fingerprint density at radius 3 is 2.61 bits per heavy atom. The summed E-state index contributed by atoms with van der Waals surface area (Å²) in [6.07, 6.45) is 0. The van der Waals surface area contributed by atoms with E-state index in [1.807, 2.05) is 35.2 Å². The summed E-state index contributed by atoms with van der Waals surface area (Å²) in [6.45, 7) is 0.541. The number of thioether (sulfide) groups is 1. The standard InChI is InChI=1S/C17H15Cl2NO2S/c1-22-13-5-2-11(3-6-13)9-20-16(21)10-23-17(20)14-7-4-12(18)8-15(14)19/h2-8,17H,9-10H2,1H3. The number of carbonyl (C=O) groups is 1. The molecule has 1 fully saturated rings.